The van der Waals surface area contributed by atoms with Gasteiger partial charge in [-0.2, -0.15) is 0 Å². The molecule has 0 aliphatic rings. The molecule has 8 nitrogen and oxygen atoms in total. The highest BCUT2D eigenvalue weighted by Gasteiger charge is 2.12. The Morgan fingerprint density at radius 3 is 2.28 bits per heavy atom. The van der Waals surface area contributed by atoms with Gasteiger partial charge in [0.1, 0.15) is 5.75 Å². The third kappa shape index (κ3) is 7.93. The van der Waals surface area contributed by atoms with Gasteiger partial charge < -0.3 is 10.1 Å². The minimum absolute atomic E-state index is 0.0619. The molecule has 2 aromatic rings. The maximum Gasteiger partial charge on any atom is 0.269 e. The molecule has 2 rings (SSSR count). The molecule has 0 fully saturated rings. The average molecular weight is 521 g/mol. The van der Waals surface area contributed by atoms with Crippen molar-refractivity contribution in [3.63, 3.8) is 0 Å². The molecule has 0 bridgehead atoms. The first kappa shape index (κ1) is 25.3. The molecule has 4 N–H and O–H groups in total. The first-order valence-electron chi connectivity index (χ1n) is 10.1. The zero-order valence-corrected chi connectivity index (χ0v) is 20.2. The number of hydrogen-bond donors (Lipinski definition) is 4. The van der Waals surface area contributed by atoms with Crippen molar-refractivity contribution in [2.24, 2.45) is 0 Å². The third-order valence-electron chi connectivity index (χ3n) is 4.20. The highest BCUT2D eigenvalue weighted by molar-refractivity contribution is 9.10. The van der Waals surface area contributed by atoms with Crippen molar-refractivity contribution in [1.29, 1.82) is 0 Å². The Labute approximate surface area is 200 Å². The summed E-state index contributed by atoms with van der Waals surface area (Å²) in [6.45, 7) is 4.39. The van der Waals surface area contributed by atoms with E-state index in [0.29, 0.717) is 40.1 Å². The van der Waals surface area contributed by atoms with Gasteiger partial charge in [0, 0.05) is 23.2 Å². The third-order valence-corrected chi connectivity index (χ3v) is 5.02. The van der Waals surface area contributed by atoms with E-state index in [9.17, 15) is 14.4 Å². The topological polar surface area (TPSA) is 109 Å². The van der Waals surface area contributed by atoms with Gasteiger partial charge in [-0.15, -0.1) is 0 Å². The molecule has 0 heterocycles. The van der Waals surface area contributed by atoms with E-state index in [2.05, 4.69) is 37.4 Å². The van der Waals surface area contributed by atoms with Crippen molar-refractivity contribution in [3.05, 3.63) is 58.1 Å². The molecule has 3 amide bonds. The van der Waals surface area contributed by atoms with E-state index in [4.69, 9.17) is 17.0 Å². The molecule has 0 unspecified atom stereocenters. The minimum atomic E-state index is -0.450. The molecule has 170 valence electrons. The lowest BCUT2D eigenvalue weighted by Gasteiger charge is -2.12. The van der Waals surface area contributed by atoms with Gasteiger partial charge in [-0.05, 0) is 84.0 Å². The number of carbonyl (C=O) groups is 3. The average Bonchev–Trinajstić information content (AvgIpc) is 2.78. The summed E-state index contributed by atoms with van der Waals surface area (Å²) in [5.74, 6) is -0.326. The molecular formula is C22H25BrN4O4S. The van der Waals surface area contributed by atoms with Crippen LogP contribution in [-0.4, -0.2) is 29.4 Å². The van der Waals surface area contributed by atoms with Crippen molar-refractivity contribution in [1.82, 2.24) is 16.2 Å². The first-order valence-corrected chi connectivity index (χ1v) is 11.3. The van der Waals surface area contributed by atoms with Crippen LogP contribution in [0.15, 0.2) is 46.9 Å². The lowest BCUT2D eigenvalue weighted by molar-refractivity contribution is -0.116. The summed E-state index contributed by atoms with van der Waals surface area (Å²) < 4.78 is 6.06. The fourth-order valence-corrected chi connectivity index (χ4v) is 3.21. The van der Waals surface area contributed by atoms with Gasteiger partial charge in [0.15, 0.2) is 5.11 Å². The number of carbonyl (C=O) groups excluding carboxylic acids is 3. The highest BCUT2D eigenvalue weighted by atomic mass is 79.9. The summed E-state index contributed by atoms with van der Waals surface area (Å²) in [5, 5.41) is 5.20. The summed E-state index contributed by atoms with van der Waals surface area (Å²) in [7, 11) is 0. The largest absolute Gasteiger partial charge is 0.493 e. The first-order chi connectivity index (χ1) is 15.3. The molecule has 10 heteroatoms. The van der Waals surface area contributed by atoms with E-state index in [-0.39, 0.29) is 11.0 Å². The monoisotopic (exact) mass is 520 g/mol. The Kier molecular flexibility index (Phi) is 10.1. The van der Waals surface area contributed by atoms with Gasteiger partial charge in [-0.3, -0.25) is 30.6 Å². The van der Waals surface area contributed by atoms with Crippen LogP contribution in [-0.2, 0) is 4.79 Å². The summed E-state index contributed by atoms with van der Waals surface area (Å²) >= 11 is 8.41. The molecular weight excluding hydrogens is 496 g/mol. The predicted molar refractivity (Wildman–Crippen MR) is 131 cm³/mol. The van der Waals surface area contributed by atoms with E-state index in [1.165, 1.54) is 0 Å². The fourth-order valence-electron chi connectivity index (χ4n) is 2.57. The smallest absolute Gasteiger partial charge is 0.269 e. The van der Waals surface area contributed by atoms with Crippen LogP contribution in [0.1, 0.15) is 53.8 Å². The zero-order valence-electron chi connectivity index (χ0n) is 17.8. The van der Waals surface area contributed by atoms with Gasteiger partial charge in [0.25, 0.3) is 11.8 Å². The standard InChI is InChI=1S/C22H25BrN4O4S/c1-3-5-6-19(28)24-16-10-7-14(8-11-16)21(30)26-27-22(32)25-20(29)15-9-12-18(31-4-2)17(23)13-15/h7-13H,3-6H2,1-2H3,(H,24,28)(H,26,30)(H2,25,27,29,32). The SMILES string of the molecule is CCCCC(=O)Nc1ccc(C(=O)NNC(=S)NC(=O)c2ccc(OCC)c(Br)c2)cc1. The molecule has 2 aromatic carbocycles. The molecule has 0 aromatic heterocycles. The van der Waals surface area contributed by atoms with Crippen molar-refractivity contribution in [2.75, 3.05) is 11.9 Å². The van der Waals surface area contributed by atoms with Gasteiger partial charge >= 0.3 is 0 Å². The molecule has 0 saturated carbocycles. The number of hydrogen-bond acceptors (Lipinski definition) is 5. The number of hydrazine groups is 1. The van der Waals surface area contributed by atoms with E-state index >= 15 is 0 Å². The second-order valence-corrected chi connectivity index (χ2v) is 7.93. The Hall–Kier alpha value is -2.98. The number of ether oxygens (including phenoxy) is 1. The maximum atomic E-state index is 12.3. The van der Waals surface area contributed by atoms with Gasteiger partial charge in [0.2, 0.25) is 5.91 Å². The number of thiocarbonyl (C=S) groups is 1. The number of rotatable bonds is 8. The Balaban J connectivity index is 1.83. The van der Waals surface area contributed by atoms with Crippen LogP contribution < -0.4 is 26.2 Å². The van der Waals surface area contributed by atoms with E-state index in [1.807, 2.05) is 13.8 Å². The summed E-state index contributed by atoms with van der Waals surface area (Å²) in [4.78, 5) is 36.4. The Morgan fingerprint density at radius 1 is 0.969 bits per heavy atom. The van der Waals surface area contributed by atoms with Gasteiger partial charge in [-0.25, -0.2) is 0 Å². The quantitative estimate of drug-likeness (QED) is 0.310. The van der Waals surface area contributed by atoms with Gasteiger partial charge in [-0.1, -0.05) is 13.3 Å². The summed E-state index contributed by atoms with van der Waals surface area (Å²) in [5.41, 5.74) is 6.25. The van der Waals surface area contributed by atoms with E-state index in [1.54, 1.807) is 42.5 Å². The predicted octanol–water partition coefficient (Wildman–Crippen LogP) is 3.93. The van der Waals surface area contributed by atoms with Crippen molar-refractivity contribution < 1.29 is 19.1 Å². The number of nitrogens with one attached hydrogen (secondary N) is 4. The highest BCUT2D eigenvalue weighted by Crippen LogP contribution is 2.25. The molecule has 32 heavy (non-hydrogen) atoms. The Bertz CT molecular complexity index is 982. The molecule has 0 aliphatic heterocycles. The van der Waals surface area contributed by atoms with Crippen LogP contribution in [0.25, 0.3) is 0 Å². The lowest BCUT2D eigenvalue weighted by atomic mass is 10.2. The van der Waals surface area contributed by atoms with Crippen LogP contribution in [0.3, 0.4) is 0 Å². The molecule has 0 saturated heterocycles. The number of halogens is 1. The molecule has 0 atom stereocenters. The number of anilines is 1. The lowest BCUT2D eigenvalue weighted by Crippen LogP contribution is -2.48. The minimum Gasteiger partial charge on any atom is -0.493 e. The van der Waals surface area contributed by atoms with Crippen molar-refractivity contribution in [3.8, 4) is 5.75 Å². The summed E-state index contributed by atoms with van der Waals surface area (Å²) in [6, 6.07) is 11.3. The van der Waals surface area contributed by atoms with Crippen molar-refractivity contribution >= 4 is 56.7 Å². The molecule has 0 radical (unpaired) electrons. The van der Waals surface area contributed by atoms with Crippen LogP contribution in [0.4, 0.5) is 5.69 Å². The van der Waals surface area contributed by atoms with Crippen LogP contribution >= 0.6 is 28.1 Å². The van der Waals surface area contributed by atoms with Crippen molar-refractivity contribution in [2.45, 2.75) is 33.1 Å². The number of unbranched alkanes of at least 4 members (excludes halogenated alkanes) is 1. The van der Waals surface area contributed by atoms with E-state index < -0.39 is 11.8 Å². The second kappa shape index (κ2) is 12.8. The second-order valence-electron chi connectivity index (χ2n) is 6.67. The Morgan fingerprint density at radius 2 is 1.66 bits per heavy atom. The normalized spacial score (nSPS) is 10.1. The zero-order chi connectivity index (χ0) is 23.5. The molecule has 0 spiro atoms. The molecule has 0 aliphatic carbocycles. The van der Waals surface area contributed by atoms with Crippen LogP contribution in [0.2, 0.25) is 0 Å². The summed E-state index contributed by atoms with van der Waals surface area (Å²) in [6.07, 6.45) is 2.23. The maximum absolute atomic E-state index is 12.3. The van der Waals surface area contributed by atoms with Crippen LogP contribution in [0, 0.1) is 0 Å². The van der Waals surface area contributed by atoms with Gasteiger partial charge in [0.05, 0.1) is 11.1 Å². The number of benzene rings is 2. The van der Waals surface area contributed by atoms with E-state index in [0.717, 1.165) is 12.8 Å². The number of amides is 3. The fraction of sp³-hybridized carbons (Fsp3) is 0.273. The van der Waals surface area contributed by atoms with Crippen LogP contribution in [0.5, 0.6) is 5.75 Å².